The summed E-state index contributed by atoms with van der Waals surface area (Å²) in [4.78, 5) is 0. The predicted octanol–water partition coefficient (Wildman–Crippen LogP) is 2.61. The van der Waals surface area contributed by atoms with E-state index in [1.54, 1.807) is 7.11 Å². The Morgan fingerprint density at radius 3 is 2.50 bits per heavy atom. The summed E-state index contributed by atoms with van der Waals surface area (Å²) in [5.41, 5.74) is 2.97. The van der Waals surface area contributed by atoms with E-state index >= 15 is 0 Å². The van der Waals surface area contributed by atoms with E-state index < -0.39 is 0 Å². The van der Waals surface area contributed by atoms with Crippen molar-refractivity contribution in [2.24, 2.45) is 11.8 Å². The van der Waals surface area contributed by atoms with Crippen molar-refractivity contribution >= 4 is 0 Å². The lowest BCUT2D eigenvalue weighted by molar-refractivity contribution is 0.186. The average molecular weight is 228 g/mol. The minimum atomic E-state index is 0.484. The summed E-state index contributed by atoms with van der Waals surface area (Å²) in [6.07, 6.45) is 12.0. The molecule has 1 saturated carbocycles. The van der Waals surface area contributed by atoms with Crippen molar-refractivity contribution in [3.05, 3.63) is 0 Å². The summed E-state index contributed by atoms with van der Waals surface area (Å²) in [6, 6.07) is 0.484. The third kappa shape index (κ3) is 5.83. The van der Waals surface area contributed by atoms with Gasteiger partial charge in [-0.15, -0.1) is 0 Å². The topological polar surface area (TPSA) is 47.3 Å². The largest absolute Gasteiger partial charge is 0.385 e. The number of hydrogen-bond donors (Lipinski definition) is 2. The predicted molar refractivity (Wildman–Crippen MR) is 68.0 cm³/mol. The Morgan fingerprint density at radius 1 is 1.25 bits per heavy atom. The molecule has 0 saturated heterocycles. The highest BCUT2D eigenvalue weighted by molar-refractivity contribution is 4.72. The molecule has 1 atom stereocenters. The second-order valence-electron chi connectivity index (χ2n) is 5.09. The van der Waals surface area contributed by atoms with Gasteiger partial charge in [-0.05, 0) is 25.2 Å². The Bertz CT molecular complexity index is 156. The van der Waals surface area contributed by atoms with Crippen molar-refractivity contribution in [1.82, 2.24) is 5.43 Å². The fourth-order valence-corrected chi connectivity index (χ4v) is 2.75. The molecule has 0 spiro atoms. The number of rotatable bonds is 7. The van der Waals surface area contributed by atoms with Gasteiger partial charge in [0.2, 0.25) is 0 Å². The molecule has 96 valence electrons. The molecular weight excluding hydrogens is 200 g/mol. The van der Waals surface area contributed by atoms with E-state index in [9.17, 15) is 0 Å². The van der Waals surface area contributed by atoms with E-state index in [0.717, 1.165) is 25.4 Å². The fraction of sp³-hybridized carbons (Fsp3) is 1.00. The molecule has 0 heterocycles. The van der Waals surface area contributed by atoms with Crippen LogP contribution in [0.3, 0.4) is 0 Å². The van der Waals surface area contributed by atoms with Gasteiger partial charge in [0.05, 0.1) is 0 Å². The summed E-state index contributed by atoms with van der Waals surface area (Å²) in [7, 11) is 1.76. The zero-order valence-corrected chi connectivity index (χ0v) is 10.7. The van der Waals surface area contributed by atoms with E-state index in [1.165, 1.54) is 44.9 Å². The molecule has 0 aromatic carbocycles. The van der Waals surface area contributed by atoms with E-state index in [2.05, 4.69) is 5.43 Å². The molecule has 0 radical (unpaired) electrons. The van der Waals surface area contributed by atoms with Crippen LogP contribution in [0.2, 0.25) is 0 Å². The van der Waals surface area contributed by atoms with Crippen LogP contribution < -0.4 is 11.3 Å². The van der Waals surface area contributed by atoms with Crippen LogP contribution >= 0.6 is 0 Å². The van der Waals surface area contributed by atoms with Crippen molar-refractivity contribution in [2.45, 2.75) is 63.8 Å². The van der Waals surface area contributed by atoms with Crippen LogP contribution in [0.4, 0.5) is 0 Å². The first-order chi connectivity index (χ1) is 7.86. The highest BCUT2D eigenvalue weighted by atomic mass is 16.5. The van der Waals surface area contributed by atoms with Gasteiger partial charge in [-0.25, -0.2) is 0 Å². The van der Waals surface area contributed by atoms with Crippen LogP contribution in [0.15, 0.2) is 0 Å². The maximum absolute atomic E-state index is 5.62. The number of hydrazine groups is 1. The second-order valence-corrected chi connectivity index (χ2v) is 5.09. The first-order valence-electron chi connectivity index (χ1n) is 6.82. The van der Waals surface area contributed by atoms with E-state index in [0.29, 0.717) is 6.04 Å². The molecule has 0 aromatic rings. The Hall–Kier alpha value is -0.120. The van der Waals surface area contributed by atoms with Gasteiger partial charge in [0.15, 0.2) is 0 Å². The van der Waals surface area contributed by atoms with Crippen molar-refractivity contribution < 1.29 is 4.74 Å². The highest BCUT2D eigenvalue weighted by Gasteiger charge is 2.17. The lowest BCUT2D eigenvalue weighted by Gasteiger charge is -2.21. The molecule has 3 heteroatoms. The molecule has 1 aliphatic carbocycles. The van der Waals surface area contributed by atoms with Crippen molar-refractivity contribution in [3.63, 3.8) is 0 Å². The van der Waals surface area contributed by atoms with Gasteiger partial charge in [0.25, 0.3) is 0 Å². The molecule has 1 unspecified atom stereocenters. The zero-order chi connectivity index (χ0) is 11.6. The Morgan fingerprint density at radius 2 is 1.94 bits per heavy atom. The van der Waals surface area contributed by atoms with Crippen molar-refractivity contribution in [2.75, 3.05) is 13.7 Å². The van der Waals surface area contributed by atoms with E-state index in [4.69, 9.17) is 10.6 Å². The van der Waals surface area contributed by atoms with Gasteiger partial charge in [-0.3, -0.25) is 11.3 Å². The lowest BCUT2D eigenvalue weighted by atomic mass is 9.91. The number of hydrogen-bond acceptors (Lipinski definition) is 3. The molecule has 0 bridgehead atoms. The maximum atomic E-state index is 5.62. The van der Waals surface area contributed by atoms with Gasteiger partial charge in [0, 0.05) is 19.8 Å². The number of methoxy groups -OCH3 is 1. The number of ether oxygens (including phenoxy) is 1. The maximum Gasteiger partial charge on any atom is 0.0462 e. The van der Waals surface area contributed by atoms with Crippen molar-refractivity contribution in [3.8, 4) is 0 Å². The van der Waals surface area contributed by atoms with Crippen LogP contribution in [-0.4, -0.2) is 19.8 Å². The molecule has 1 fully saturated rings. The zero-order valence-electron chi connectivity index (χ0n) is 10.7. The molecular formula is C13H28N2O. The molecule has 1 rings (SSSR count). The standard InChI is InChI=1S/C13H28N2O/c1-16-10-6-9-13(15-14)11-12-7-4-2-3-5-8-12/h12-13,15H,2-11,14H2,1H3. The summed E-state index contributed by atoms with van der Waals surface area (Å²) in [6.45, 7) is 0.850. The molecule has 16 heavy (non-hydrogen) atoms. The Kier molecular flexibility index (Phi) is 7.81. The quantitative estimate of drug-likeness (QED) is 0.305. The van der Waals surface area contributed by atoms with Crippen LogP contribution in [-0.2, 0) is 4.74 Å². The van der Waals surface area contributed by atoms with Crippen LogP contribution in [0.5, 0.6) is 0 Å². The SMILES string of the molecule is COCCCC(CC1CCCCCC1)NN. The third-order valence-electron chi connectivity index (χ3n) is 3.73. The molecule has 1 aliphatic rings. The van der Waals surface area contributed by atoms with E-state index in [-0.39, 0.29) is 0 Å². The fourth-order valence-electron chi connectivity index (χ4n) is 2.75. The first kappa shape index (κ1) is 13.9. The van der Waals surface area contributed by atoms with Gasteiger partial charge in [-0.2, -0.15) is 0 Å². The molecule has 0 aliphatic heterocycles. The van der Waals surface area contributed by atoms with Crippen LogP contribution in [0, 0.1) is 5.92 Å². The summed E-state index contributed by atoms with van der Waals surface area (Å²) in [5, 5.41) is 0. The van der Waals surface area contributed by atoms with Crippen LogP contribution in [0.25, 0.3) is 0 Å². The van der Waals surface area contributed by atoms with E-state index in [1.807, 2.05) is 0 Å². The number of nitrogens with one attached hydrogen (secondary N) is 1. The Balaban J connectivity index is 2.19. The van der Waals surface area contributed by atoms with Gasteiger partial charge in [0.1, 0.15) is 0 Å². The third-order valence-corrected chi connectivity index (χ3v) is 3.73. The molecule has 0 amide bonds. The molecule has 3 nitrogen and oxygen atoms in total. The second kappa shape index (κ2) is 8.97. The number of nitrogens with two attached hydrogens (primary N) is 1. The smallest absolute Gasteiger partial charge is 0.0462 e. The normalized spacial score (nSPS) is 20.6. The van der Waals surface area contributed by atoms with Gasteiger partial charge >= 0.3 is 0 Å². The summed E-state index contributed by atoms with van der Waals surface area (Å²) >= 11 is 0. The minimum Gasteiger partial charge on any atom is -0.385 e. The minimum absolute atomic E-state index is 0.484. The summed E-state index contributed by atoms with van der Waals surface area (Å²) < 4.78 is 5.08. The Labute approximate surface area is 100 Å². The lowest BCUT2D eigenvalue weighted by Crippen LogP contribution is -2.36. The van der Waals surface area contributed by atoms with Gasteiger partial charge < -0.3 is 4.74 Å². The monoisotopic (exact) mass is 228 g/mol. The first-order valence-corrected chi connectivity index (χ1v) is 6.82. The summed E-state index contributed by atoms with van der Waals surface area (Å²) in [5.74, 6) is 6.51. The van der Waals surface area contributed by atoms with Crippen LogP contribution in [0.1, 0.15) is 57.8 Å². The highest BCUT2D eigenvalue weighted by Crippen LogP contribution is 2.27. The van der Waals surface area contributed by atoms with Gasteiger partial charge in [-0.1, -0.05) is 38.5 Å². The van der Waals surface area contributed by atoms with Crippen molar-refractivity contribution in [1.29, 1.82) is 0 Å². The molecule has 0 aromatic heterocycles. The average Bonchev–Trinajstić information content (AvgIpc) is 2.56. The molecule has 3 N–H and O–H groups in total.